The molecule has 0 aliphatic carbocycles. The van der Waals surface area contributed by atoms with E-state index in [0.717, 1.165) is 16.9 Å². The third-order valence-corrected chi connectivity index (χ3v) is 7.81. The lowest BCUT2D eigenvalue weighted by atomic mass is 9.97. The molecule has 0 saturated carbocycles. The van der Waals surface area contributed by atoms with Crippen LogP contribution in [0.1, 0.15) is 43.7 Å². The van der Waals surface area contributed by atoms with Crippen molar-refractivity contribution >= 4 is 15.9 Å². The number of nitrogens with zero attached hydrogens (tertiary/aromatic N) is 1. The first-order valence-electron chi connectivity index (χ1n) is 10.8. The van der Waals surface area contributed by atoms with E-state index in [1.165, 1.54) is 4.31 Å². The molecule has 31 heavy (non-hydrogen) atoms. The third kappa shape index (κ3) is 5.66. The monoisotopic (exact) mass is 444 g/mol. The number of ether oxygens (including phenoxy) is 1. The van der Waals surface area contributed by atoms with Gasteiger partial charge in [0.2, 0.25) is 15.9 Å². The Morgan fingerprint density at radius 3 is 2.35 bits per heavy atom. The highest BCUT2D eigenvalue weighted by Crippen LogP contribution is 2.25. The summed E-state index contributed by atoms with van der Waals surface area (Å²) >= 11 is 0. The molecule has 1 saturated heterocycles. The fourth-order valence-electron chi connectivity index (χ4n) is 3.91. The van der Waals surface area contributed by atoms with Gasteiger partial charge in [-0.2, -0.15) is 4.31 Å². The molecular formula is C24H32N2O4S. The van der Waals surface area contributed by atoms with Crippen LogP contribution in [0.3, 0.4) is 0 Å². The van der Waals surface area contributed by atoms with Gasteiger partial charge in [0.05, 0.1) is 12.0 Å². The Bertz CT molecular complexity index is 979. The molecule has 1 heterocycles. The molecule has 6 nitrogen and oxygen atoms in total. The summed E-state index contributed by atoms with van der Waals surface area (Å²) in [5.41, 5.74) is 2.16. The van der Waals surface area contributed by atoms with E-state index in [1.807, 2.05) is 36.4 Å². The maximum atomic E-state index is 12.9. The van der Waals surface area contributed by atoms with Gasteiger partial charge in [0.15, 0.2) is 0 Å². The Morgan fingerprint density at radius 1 is 1.10 bits per heavy atom. The number of carbonyl (C=O) groups is 1. The van der Waals surface area contributed by atoms with Crippen molar-refractivity contribution in [3.05, 3.63) is 59.7 Å². The second-order valence-electron chi connectivity index (χ2n) is 8.25. The number of para-hydroxylation sites is 1. The molecule has 1 aliphatic heterocycles. The van der Waals surface area contributed by atoms with Gasteiger partial charge in [-0.1, -0.05) is 44.2 Å². The van der Waals surface area contributed by atoms with Crippen molar-refractivity contribution in [1.82, 2.24) is 9.62 Å². The first-order valence-corrected chi connectivity index (χ1v) is 12.3. The number of carbonyl (C=O) groups excluding carboxylic acids is 1. The zero-order valence-corrected chi connectivity index (χ0v) is 19.3. The number of sulfonamides is 1. The van der Waals surface area contributed by atoms with Crippen molar-refractivity contribution in [3.63, 3.8) is 0 Å². The van der Waals surface area contributed by atoms with Gasteiger partial charge in [0.1, 0.15) is 5.75 Å². The Labute approximate surface area is 185 Å². The zero-order chi connectivity index (χ0) is 22.4. The number of hydrogen-bond acceptors (Lipinski definition) is 4. The van der Waals surface area contributed by atoms with Gasteiger partial charge in [-0.15, -0.1) is 0 Å². The number of hydrogen-bond donors (Lipinski definition) is 1. The molecule has 7 heteroatoms. The van der Waals surface area contributed by atoms with E-state index in [0.29, 0.717) is 49.7 Å². The van der Waals surface area contributed by atoms with E-state index in [1.54, 1.807) is 19.2 Å². The summed E-state index contributed by atoms with van der Waals surface area (Å²) in [7, 11) is -1.89. The van der Waals surface area contributed by atoms with Crippen LogP contribution in [-0.4, -0.2) is 45.4 Å². The van der Waals surface area contributed by atoms with Gasteiger partial charge in [0.25, 0.3) is 0 Å². The van der Waals surface area contributed by atoms with Crippen LogP contribution in [0.25, 0.3) is 0 Å². The zero-order valence-electron chi connectivity index (χ0n) is 18.5. The number of methoxy groups -OCH3 is 1. The summed E-state index contributed by atoms with van der Waals surface area (Å²) < 4.78 is 32.7. The van der Waals surface area contributed by atoms with Crippen LogP contribution in [0, 0.1) is 5.92 Å². The first kappa shape index (κ1) is 23.3. The van der Waals surface area contributed by atoms with Crippen LogP contribution < -0.4 is 10.1 Å². The van der Waals surface area contributed by atoms with Gasteiger partial charge in [-0.05, 0) is 54.5 Å². The highest BCUT2D eigenvalue weighted by atomic mass is 32.2. The van der Waals surface area contributed by atoms with Gasteiger partial charge in [0, 0.05) is 25.6 Å². The van der Waals surface area contributed by atoms with Crippen LogP contribution in [0.4, 0.5) is 0 Å². The Hall–Kier alpha value is -2.38. The second-order valence-corrected chi connectivity index (χ2v) is 10.2. The summed E-state index contributed by atoms with van der Waals surface area (Å²) in [6.45, 7) is 5.41. The van der Waals surface area contributed by atoms with Crippen molar-refractivity contribution in [2.75, 3.05) is 26.7 Å². The molecule has 0 unspecified atom stereocenters. The SMILES string of the molecule is COc1ccccc1CCNC(=O)C1CCN(S(=O)(=O)c2ccc(C(C)C)cc2)CC1. The fourth-order valence-corrected chi connectivity index (χ4v) is 5.38. The van der Waals surface area contributed by atoms with Crippen LogP contribution in [0.5, 0.6) is 5.75 Å². The maximum absolute atomic E-state index is 12.9. The van der Waals surface area contributed by atoms with E-state index in [-0.39, 0.29) is 11.8 Å². The summed E-state index contributed by atoms with van der Waals surface area (Å²) in [5.74, 6) is 1.01. The molecule has 168 valence electrons. The number of benzene rings is 2. The summed E-state index contributed by atoms with van der Waals surface area (Å²) in [6, 6.07) is 14.9. The molecule has 0 atom stereocenters. The van der Waals surface area contributed by atoms with Crippen molar-refractivity contribution in [2.45, 2.75) is 43.9 Å². The van der Waals surface area contributed by atoms with E-state index in [2.05, 4.69) is 19.2 Å². The van der Waals surface area contributed by atoms with Gasteiger partial charge >= 0.3 is 0 Å². The topological polar surface area (TPSA) is 75.7 Å². The van der Waals surface area contributed by atoms with Crippen molar-refractivity contribution in [3.8, 4) is 5.75 Å². The number of amides is 1. The van der Waals surface area contributed by atoms with E-state index in [4.69, 9.17) is 4.74 Å². The maximum Gasteiger partial charge on any atom is 0.243 e. The molecule has 0 bridgehead atoms. The fraction of sp³-hybridized carbons (Fsp3) is 0.458. The number of nitrogens with one attached hydrogen (secondary N) is 1. The lowest BCUT2D eigenvalue weighted by Crippen LogP contribution is -2.43. The average Bonchev–Trinajstić information content (AvgIpc) is 2.79. The predicted octanol–water partition coefficient (Wildman–Crippen LogP) is 3.58. The average molecular weight is 445 g/mol. The Kier molecular flexibility index (Phi) is 7.73. The normalized spacial score (nSPS) is 15.7. The molecule has 0 aromatic heterocycles. The summed E-state index contributed by atoms with van der Waals surface area (Å²) in [6.07, 6.45) is 1.75. The number of rotatable bonds is 8. The first-order chi connectivity index (χ1) is 14.8. The second kappa shape index (κ2) is 10.3. The quantitative estimate of drug-likeness (QED) is 0.675. The van der Waals surface area contributed by atoms with Crippen molar-refractivity contribution < 1.29 is 17.9 Å². The number of piperidine rings is 1. The highest BCUT2D eigenvalue weighted by molar-refractivity contribution is 7.89. The standard InChI is InChI=1S/C24H32N2O4S/c1-18(2)19-8-10-22(11-9-19)31(28,29)26-16-13-21(14-17-26)24(27)25-15-12-20-6-4-5-7-23(20)30-3/h4-11,18,21H,12-17H2,1-3H3,(H,25,27). The lowest BCUT2D eigenvalue weighted by Gasteiger charge is -2.30. The largest absolute Gasteiger partial charge is 0.496 e. The molecule has 0 radical (unpaired) electrons. The molecule has 1 aliphatic rings. The summed E-state index contributed by atoms with van der Waals surface area (Å²) in [5, 5.41) is 2.99. The predicted molar refractivity (Wildman–Crippen MR) is 122 cm³/mol. The van der Waals surface area contributed by atoms with Crippen LogP contribution in [0.2, 0.25) is 0 Å². The Balaban J connectivity index is 1.50. The minimum absolute atomic E-state index is 0.00627. The van der Waals surface area contributed by atoms with Crippen LogP contribution in [0.15, 0.2) is 53.4 Å². The van der Waals surface area contributed by atoms with Crippen molar-refractivity contribution in [1.29, 1.82) is 0 Å². The lowest BCUT2D eigenvalue weighted by molar-refractivity contribution is -0.126. The van der Waals surface area contributed by atoms with Crippen molar-refractivity contribution in [2.24, 2.45) is 5.92 Å². The minimum Gasteiger partial charge on any atom is -0.496 e. The van der Waals surface area contributed by atoms with Crippen LogP contribution >= 0.6 is 0 Å². The highest BCUT2D eigenvalue weighted by Gasteiger charge is 2.32. The molecule has 1 fully saturated rings. The summed E-state index contributed by atoms with van der Waals surface area (Å²) in [4.78, 5) is 12.9. The minimum atomic E-state index is -3.53. The molecular weight excluding hydrogens is 412 g/mol. The van der Waals surface area contributed by atoms with E-state index < -0.39 is 10.0 Å². The van der Waals surface area contributed by atoms with Gasteiger partial charge in [-0.25, -0.2) is 8.42 Å². The molecule has 2 aromatic carbocycles. The molecule has 0 spiro atoms. The smallest absolute Gasteiger partial charge is 0.243 e. The van der Waals surface area contributed by atoms with Gasteiger partial charge < -0.3 is 10.1 Å². The van der Waals surface area contributed by atoms with Gasteiger partial charge in [-0.3, -0.25) is 4.79 Å². The third-order valence-electron chi connectivity index (χ3n) is 5.90. The molecule has 1 N–H and O–H groups in total. The van der Waals surface area contributed by atoms with E-state index >= 15 is 0 Å². The van der Waals surface area contributed by atoms with Crippen LogP contribution in [-0.2, 0) is 21.2 Å². The molecule has 2 aromatic rings. The molecule has 1 amide bonds. The Morgan fingerprint density at radius 2 is 1.74 bits per heavy atom. The molecule has 3 rings (SSSR count). The van der Waals surface area contributed by atoms with E-state index in [9.17, 15) is 13.2 Å².